The van der Waals surface area contributed by atoms with E-state index in [2.05, 4.69) is 4.98 Å². The van der Waals surface area contributed by atoms with Crippen LogP contribution in [0.3, 0.4) is 0 Å². The highest BCUT2D eigenvalue weighted by Crippen LogP contribution is 2.36. The van der Waals surface area contributed by atoms with Gasteiger partial charge in [-0.3, -0.25) is 9.59 Å². The van der Waals surface area contributed by atoms with Gasteiger partial charge in [-0.25, -0.2) is 4.98 Å². The molecule has 1 aliphatic heterocycles. The van der Waals surface area contributed by atoms with Crippen molar-refractivity contribution in [1.29, 1.82) is 0 Å². The predicted octanol–water partition coefficient (Wildman–Crippen LogP) is 2.93. The number of halogens is 1. The van der Waals surface area contributed by atoms with Crippen LogP contribution >= 0.6 is 22.9 Å². The quantitative estimate of drug-likeness (QED) is 0.663. The topological polar surface area (TPSA) is 106 Å². The zero-order chi connectivity index (χ0) is 20.3. The second-order valence-corrected chi connectivity index (χ2v) is 8.30. The lowest BCUT2D eigenvalue weighted by Gasteiger charge is -2.23. The van der Waals surface area contributed by atoms with Crippen LogP contribution in [0.25, 0.3) is 0 Å². The summed E-state index contributed by atoms with van der Waals surface area (Å²) in [6, 6.07) is 5.03. The van der Waals surface area contributed by atoms with Gasteiger partial charge >= 0.3 is 5.97 Å². The highest BCUT2D eigenvalue weighted by atomic mass is 35.5. The molecule has 1 aliphatic rings. The van der Waals surface area contributed by atoms with Gasteiger partial charge in [-0.15, -0.1) is 11.3 Å². The van der Waals surface area contributed by atoms with Crippen LogP contribution in [0.4, 0.5) is 5.69 Å². The molecule has 0 aliphatic carbocycles. The molecule has 3 rings (SSSR count). The third kappa shape index (κ3) is 4.81. The molecule has 2 heterocycles. The first-order valence-corrected chi connectivity index (χ1v) is 10.1. The Balaban J connectivity index is 1.75. The van der Waals surface area contributed by atoms with Crippen LogP contribution in [-0.4, -0.2) is 46.6 Å². The van der Waals surface area contributed by atoms with Crippen LogP contribution < -0.4 is 5.73 Å². The van der Waals surface area contributed by atoms with Gasteiger partial charge in [-0.2, -0.15) is 0 Å². The summed E-state index contributed by atoms with van der Waals surface area (Å²) in [6.45, 7) is 0.493. The molecule has 2 atom stereocenters. The number of nitrogen functional groups attached to an aromatic ring is 1. The summed E-state index contributed by atoms with van der Waals surface area (Å²) in [6.07, 6.45) is 3.01. The number of benzene rings is 1. The number of aromatic nitrogens is 1. The van der Waals surface area contributed by atoms with Crippen molar-refractivity contribution in [3.05, 3.63) is 44.9 Å². The highest BCUT2D eigenvalue weighted by molar-refractivity contribution is 7.11. The van der Waals surface area contributed by atoms with Gasteiger partial charge in [0.2, 0.25) is 5.91 Å². The Morgan fingerprint density at radius 2 is 2.25 bits per heavy atom. The van der Waals surface area contributed by atoms with Crippen molar-refractivity contribution in [1.82, 2.24) is 9.88 Å². The molecular weight excluding hydrogens is 402 g/mol. The van der Waals surface area contributed by atoms with Crippen molar-refractivity contribution in [2.45, 2.75) is 37.8 Å². The van der Waals surface area contributed by atoms with Crippen molar-refractivity contribution in [2.24, 2.45) is 0 Å². The van der Waals surface area contributed by atoms with Crippen molar-refractivity contribution >= 4 is 40.5 Å². The second kappa shape index (κ2) is 8.89. The van der Waals surface area contributed by atoms with E-state index in [0.717, 1.165) is 15.4 Å². The molecule has 2 aromatic rings. The number of carboxylic acid groups (broad SMARTS) is 1. The number of anilines is 1. The fourth-order valence-electron chi connectivity index (χ4n) is 3.26. The third-order valence-electron chi connectivity index (χ3n) is 4.78. The number of aliphatic carboxylic acids is 1. The van der Waals surface area contributed by atoms with Gasteiger partial charge in [-0.1, -0.05) is 17.7 Å². The minimum atomic E-state index is -0.839. The monoisotopic (exact) mass is 423 g/mol. The molecule has 9 heteroatoms. The zero-order valence-corrected chi connectivity index (χ0v) is 17.0. The Morgan fingerprint density at radius 3 is 2.93 bits per heavy atom. The molecule has 28 heavy (non-hydrogen) atoms. The minimum absolute atomic E-state index is 0.0346. The normalized spacial score (nSPS) is 19.1. The summed E-state index contributed by atoms with van der Waals surface area (Å²) < 4.78 is 5.48. The molecule has 1 saturated heterocycles. The van der Waals surface area contributed by atoms with Gasteiger partial charge in [0, 0.05) is 31.1 Å². The van der Waals surface area contributed by atoms with E-state index in [1.54, 1.807) is 36.4 Å². The Bertz CT molecular complexity index is 873. The average Bonchev–Trinajstić information content (AvgIpc) is 3.29. The number of hydrogen-bond donors (Lipinski definition) is 2. The summed E-state index contributed by atoms with van der Waals surface area (Å²) in [4.78, 5) is 30.9. The van der Waals surface area contributed by atoms with Crippen molar-refractivity contribution < 1.29 is 19.4 Å². The fraction of sp³-hybridized carbons (Fsp3) is 0.421. The Kier molecular flexibility index (Phi) is 6.53. The number of likely N-dealkylation sites (tertiary alicyclic amines) is 1. The second-order valence-electron chi connectivity index (χ2n) is 6.75. The predicted molar refractivity (Wildman–Crippen MR) is 108 cm³/mol. The Morgan fingerprint density at radius 1 is 1.46 bits per heavy atom. The van der Waals surface area contributed by atoms with Crippen LogP contribution in [0.5, 0.6) is 0 Å². The number of nitrogens with zero attached hydrogens (tertiary/aromatic N) is 2. The molecule has 1 amide bonds. The van der Waals surface area contributed by atoms with Gasteiger partial charge in [0.15, 0.2) is 0 Å². The zero-order valence-electron chi connectivity index (χ0n) is 15.4. The van der Waals surface area contributed by atoms with Gasteiger partial charge in [0.05, 0.1) is 35.7 Å². The number of hydrogen-bond acceptors (Lipinski definition) is 6. The van der Waals surface area contributed by atoms with E-state index < -0.39 is 5.97 Å². The number of methoxy groups -OCH3 is 1. The first-order valence-electron chi connectivity index (χ1n) is 8.90. The lowest BCUT2D eigenvalue weighted by molar-refractivity contribution is -0.137. The maximum Gasteiger partial charge on any atom is 0.303 e. The fourth-order valence-corrected chi connectivity index (χ4v) is 4.50. The molecular formula is C19H22ClN3O4S. The Hall–Kier alpha value is -2.16. The summed E-state index contributed by atoms with van der Waals surface area (Å²) in [7, 11) is 1.63. The number of amides is 1. The summed E-state index contributed by atoms with van der Waals surface area (Å²) >= 11 is 7.52. The average molecular weight is 424 g/mol. The first-order chi connectivity index (χ1) is 13.4. The van der Waals surface area contributed by atoms with Crippen LogP contribution in [0.15, 0.2) is 24.4 Å². The molecule has 3 N–H and O–H groups in total. The minimum Gasteiger partial charge on any atom is -0.481 e. The van der Waals surface area contributed by atoms with Crippen LogP contribution in [0.1, 0.15) is 34.3 Å². The number of carbonyl (C=O) groups is 2. The molecule has 1 aromatic heterocycles. The molecule has 0 bridgehead atoms. The van der Waals surface area contributed by atoms with Gasteiger partial charge in [0.25, 0.3) is 0 Å². The molecule has 7 nitrogen and oxygen atoms in total. The number of carboxylic acids is 1. The van der Waals surface area contributed by atoms with E-state index in [1.165, 1.54) is 11.3 Å². The highest BCUT2D eigenvalue weighted by Gasteiger charge is 2.37. The number of nitrogens with two attached hydrogens (primary N) is 1. The molecule has 150 valence electrons. The van der Waals surface area contributed by atoms with Gasteiger partial charge in [-0.05, 0) is 24.1 Å². The largest absolute Gasteiger partial charge is 0.481 e. The first kappa shape index (κ1) is 20.6. The number of thiazole rings is 1. The van der Waals surface area contributed by atoms with E-state index in [0.29, 0.717) is 30.1 Å². The lowest BCUT2D eigenvalue weighted by atomic mass is 10.1. The third-order valence-corrected chi connectivity index (χ3v) is 6.26. The molecule has 0 radical (unpaired) electrons. The number of ether oxygens (including phenoxy) is 1. The number of rotatable bonds is 7. The van der Waals surface area contributed by atoms with Crippen LogP contribution in [-0.2, 0) is 27.2 Å². The summed E-state index contributed by atoms with van der Waals surface area (Å²) in [5.41, 5.74) is 7.01. The lowest BCUT2D eigenvalue weighted by Crippen LogP contribution is -2.33. The summed E-state index contributed by atoms with van der Waals surface area (Å²) in [5, 5.41) is 10.1. The van der Waals surface area contributed by atoms with Crippen molar-refractivity contribution in [3.8, 4) is 0 Å². The molecule has 1 aromatic carbocycles. The maximum absolute atomic E-state index is 13.0. The summed E-state index contributed by atoms with van der Waals surface area (Å²) in [5.74, 6) is -0.873. The smallest absolute Gasteiger partial charge is 0.303 e. The van der Waals surface area contributed by atoms with Crippen molar-refractivity contribution in [3.63, 3.8) is 0 Å². The molecule has 0 spiro atoms. The maximum atomic E-state index is 13.0. The molecule has 1 fully saturated rings. The molecule has 0 unspecified atom stereocenters. The van der Waals surface area contributed by atoms with E-state index in [4.69, 9.17) is 27.2 Å². The standard InChI is InChI=1S/C19H22ClN3O4S/c1-27-12-8-16(19-22-9-13(28-19)3-5-18(25)26)23(10-12)17(24)7-11-2-4-15(21)14(20)6-11/h2,4,6,9,12,16H,3,5,7-8,10,21H2,1H3,(H,25,26)/t12-,16-/m0/s1. The van der Waals surface area contributed by atoms with Crippen LogP contribution in [0.2, 0.25) is 5.02 Å². The van der Waals surface area contributed by atoms with Gasteiger partial charge < -0.3 is 20.5 Å². The van der Waals surface area contributed by atoms with E-state index in [1.807, 2.05) is 0 Å². The number of carbonyl (C=O) groups excluding carboxylic acids is 1. The van der Waals surface area contributed by atoms with E-state index in [-0.39, 0.29) is 30.9 Å². The van der Waals surface area contributed by atoms with E-state index >= 15 is 0 Å². The van der Waals surface area contributed by atoms with Gasteiger partial charge in [0.1, 0.15) is 5.01 Å². The number of aryl methyl sites for hydroxylation is 1. The van der Waals surface area contributed by atoms with Crippen molar-refractivity contribution in [2.75, 3.05) is 19.4 Å². The molecule has 0 saturated carbocycles. The van der Waals surface area contributed by atoms with E-state index in [9.17, 15) is 9.59 Å². The van der Waals surface area contributed by atoms with Crippen LogP contribution in [0, 0.1) is 0 Å². The Labute approximate surface area is 172 Å². The SMILES string of the molecule is CO[C@H]1C[C@@H](c2ncc(CCC(=O)O)s2)N(C(=O)Cc2ccc(N)c(Cl)c2)C1.